The fourth-order valence-corrected chi connectivity index (χ4v) is 1.21. The van der Waals surface area contributed by atoms with Gasteiger partial charge in [0.2, 0.25) is 0 Å². The number of carbonyl (C=O) groups is 1. The van der Waals surface area contributed by atoms with Crippen LogP contribution in [-0.2, 0) is 9.53 Å². The van der Waals surface area contributed by atoms with Crippen molar-refractivity contribution in [2.75, 3.05) is 13.1 Å². The fourth-order valence-electron chi connectivity index (χ4n) is 1.21. The van der Waals surface area contributed by atoms with Crippen molar-refractivity contribution in [1.29, 1.82) is 0 Å². The lowest BCUT2D eigenvalue weighted by molar-refractivity contribution is -0.240. The number of alkyl halides is 3. The van der Waals surface area contributed by atoms with Crippen molar-refractivity contribution in [2.24, 2.45) is 0 Å². The van der Waals surface area contributed by atoms with Gasteiger partial charge in [0.1, 0.15) is 0 Å². The molecule has 7 heteroatoms. The zero-order valence-corrected chi connectivity index (χ0v) is 7.17. The number of hydrogen-bond acceptors (Lipinski definition) is 3. The molecule has 82 valence electrons. The van der Waals surface area contributed by atoms with E-state index >= 15 is 0 Å². The summed E-state index contributed by atoms with van der Waals surface area (Å²) in [4.78, 5) is 10.2. The van der Waals surface area contributed by atoms with Crippen LogP contribution in [0.15, 0.2) is 0 Å². The van der Waals surface area contributed by atoms with E-state index in [1.807, 2.05) is 0 Å². The molecule has 0 saturated carbocycles. The molecule has 14 heavy (non-hydrogen) atoms. The predicted octanol–water partition coefficient (Wildman–Crippen LogP) is 0.380. The molecular formula is C7H10F3NO3. The first-order valence-electron chi connectivity index (χ1n) is 4.04. The highest BCUT2D eigenvalue weighted by Crippen LogP contribution is 2.25. The Morgan fingerprint density at radius 1 is 1.50 bits per heavy atom. The monoisotopic (exact) mass is 213 g/mol. The van der Waals surface area contributed by atoms with Gasteiger partial charge in [0.05, 0.1) is 12.5 Å². The SMILES string of the molecule is O=C(O)CC1CNCC(C(F)(F)F)O1. The molecule has 1 rings (SSSR count). The van der Waals surface area contributed by atoms with Crippen LogP contribution in [0.2, 0.25) is 0 Å². The zero-order valence-electron chi connectivity index (χ0n) is 7.17. The largest absolute Gasteiger partial charge is 0.481 e. The first kappa shape index (κ1) is 11.3. The third-order valence-electron chi connectivity index (χ3n) is 1.83. The number of carboxylic acid groups (broad SMARTS) is 1. The van der Waals surface area contributed by atoms with Gasteiger partial charge in [0.25, 0.3) is 0 Å². The highest BCUT2D eigenvalue weighted by molar-refractivity contribution is 5.67. The first-order valence-corrected chi connectivity index (χ1v) is 4.04. The molecule has 1 heterocycles. The van der Waals surface area contributed by atoms with E-state index in [-0.39, 0.29) is 13.1 Å². The molecule has 0 bridgehead atoms. The molecule has 0 aliphatic carbocycles. The maximum Gasteiger partial charge on any atom is 0.415 e. The van der Waals surface area contributed by atoms with Crippen LogP contribution in [0, 0.1) is 0 Å². The Morgan fingerprint density at radius 3 is 2.64 bits per heavy atom. The van der Waals surface area contributed by atoms with E-state index < -0.39 is 30.8 Å². The van der Waals surface area contributed by atoms with E-state index in [0.29, 0.717) is 0 Å². The Labute approximate surface area is 78.0 Å². The third kappa shape index (κ3) is 3.15. The van der Waals surface area contributed by atoms with Crippen LogP contribution in [0.4, 0.5) is 13.2 Å². The first-order chi connectivity index (χ1) is 6.39. The van der Waals surface area contributed by atoms with Crippen LogP contribution in [0.5, 0.6) is 0 Å². The average Bonchev–Trinajstić information content (AvgIpc) is 2.01. The van der Waals surface area contributed by atoms with Gasteiger partial charge >= 0.3 is 12.1 Å². The van der Waals surface area contributed by atoms with Gasteiger partial charge in [-0.3, -0.25) is 4.79 Å². The smallest absolute Gasteiger partial charge is 0.415 e. The fraction of sp³-hybridized carbons (Fsp3) is 0.857. The highest BCUT2D eigenvalue weighted by atomic mass is 19.4. The topological polar surface area (TPSA) is 58.6 Å². The van der Waals surface area contributed by atoms with E-state index in [1.165, 1.54) is 0 Å². The van der Waals surface area contributed by atoms with Gasteiger partial charge in [0.15, 0.2) is 6.10 Å². The normalized spacial score (nSPS) is 28.8. The maximum absolute atomic E-state index is 12.1. The number of rotatable bonds is 2. The third-order valence-corrected chi connectivity index (χ3v) is 1.83. The molecule has 1 aliphatic rings. The number of carboxylic acids is 1. The lowest BCUT2D eigenvalue weighted by Gasteiger charge is -2.31. The van der Waals surface area contributed by atoms with E-state index in [0.717, 1.165) is 0 Å². The van der Waals surface area contributed by atoms with Crippen LogP contribution in [0.3, 0.4) is 0 Å². The summed E-state index contributed by atoms with van der Waals surface area (Å²) < 4.78 is 41.0. The molecule has 2 unspecified atom stereocenters. The number of ether oxygens (including phenoxy) is 1. The Hall–Kier alpha value is -0.820. The molecule has 1 saturated heterocycles. The van der Waals surface area contributed by atoms with Gasteiger partial charge in [0, 0.05) is 13.1 Å². The summed E-state index contributed by atoms with van der Waals surface area (Å²) >= 11 is 0. The van der Waals surface area contributed by atoms with Gasteiger partial charge in [-0.25, -0.2) is 0 Å². The molecule has 0 aromatic rings. The van der Waals surface area contributed by atoms with E-state index in [1.54, 1.807) is 0 Å². The van der Waals surface area contributed by atoms with E-state index in [9.17, 15) is 18.0 Å². The van der Waals surface area contributed by atoms with Crippen molar-refractivity contribution in [2.45, 2.75) is 24.8 Å². The molecule has 1 fully saturated rings. The van der Waals surface area contributed by atoms with Crippen LogP contribution in [0.1, 0.15) is 6.42 Å². The van der Waals surface area contributed by atoms with Gasteiger partial charge < -0.3 is 15.2 Å². The Balaban J connectivity index is 2.48. The summed E-state index contributed by atoms with van der Waals surface area (Å²) in [5.41, 5.74) is 0. The molecule has 0 radical (unpaired) electrons. The van der Waals surface area contributed by atoms with Gasteiger partial charge in [-0.1, -0.05) is 0 Å². The Bertz CT molecular complexity index is 219. The van der Waals surface area contributed by atoms with Crippen molar-refractivity contribution in [3.63, 3.8) is 0 Å². The van der Waals surface area contributed by atoms with Crippen LogP contribution < -0.4 is 5.32 Å². The molecule has 1 aliphatic heterocycles. The zero-order chi connectivity index (χ0) is 10.8. The van der Waals surface area contributed by atoms with Crippen molar-refractivity contribution in [3.05, 3.63) is 0 Å². The lowest BCUT2D eigenvalue weighted by Crippen LogP contribution is -2.51. The molecule has 0 spiro atoms. The molecule has 0 aromatic carbocycles. The highest BCUT2D eigenvalue weighted by Gasteiger charge is 2.43. The van der Waals surface area contributed by atoms with Gasteiger partial charge in [-0.2, -0.15) is 13.2 Å². The second-order valence-corrected chi connectivity index (χ2v) is 3.04. The number of morpholine rings is 1. The lowest BCUT2D eigenvalue weighted by atomic mass is 10.2. The molecule has 0 aromatic heterocycles. The standard InChI is InChI=1S/C7H10F3NO3/c8-7(9,10)5-3-11-2-4(14-5)1-6(12)13/h4-5,11H,1-3H2,(H,12,13). The summed E-state index contributed by atoms with van der Waals surface area (Å²) in [5.74, 6) is -1.17. The van der Waals surface area contributed by atoms with Crippen molar-refractivity contribution in [3.8, 4) is 0 Å². The van der Waals surface area contributed by atoms with Crippen LogP contribution in [0.25, 0.3) is 0 Å². The average molecular weight is 213 g/mol. The van der Waals surface area contributed by atoms with Gasteiger partial charge in [-0.15, -0.1) is 0 Å². The van der Waals surface area contributed by atoms with E-state index in [2.05, 4.69) is 10.1 Å². The predicted molar refractivity (Wildman–Crippen MR) is 39.8 cm³/mol. The number of hydrogen-bond donors (Lipinski definition) is 2. The van der Waals surface area contributed by atoms with Crippen LogP contribution >= 0.6 is 0 Å². The summed E-state index contributed by atoms with van der Waals surface area (Å²) in [6.45, 7) is -0.182. The molecule has 2 atom stereocenters. The molecule has 2 N–H and O–H groups in total. The summed E-state index contributed by atoms with van der Waals surface area (Å²) in [6, 6.07) is 0. The van der Waals surface area contributed by atoms with Crippen molar-refractivity contribution < 1.29 is 27.8 Å². The number of nitrogens with one attached hydrogen (secondary N) is 1. The van der Waals surface area contributed by atoms with Gasteiger partial charge in [-0.05, 0) is 0 Å². The molecule has 0 amide bonds. The maximum atomic E-state index is 12.1. The van der Waals surface area contributed by atoms with Crippen LogP contribution in [-0.4, -0.2) is 42.5 Å². The quantitative estimate of drug-likeness (QED) is 0.696. The molecule has 4 nitrogen and oxygen atoms in total. The van der Waals surface area contributed by atoms with Crippen molar-refractivity contribution >= 4 is 5.97 Å². The minimum Gasteiger partial charge on any atom is -0.481 e. The summed E-state index contributed by atoms with van der Waals surface area (Å²) in [5, 5.41) is 10.9. The Morgan fingerprint density at radius 2 is 2.14 bits per heavy atom. The summed E-state index contributed by atoms with van der Waals surface area (Å²) in [6.07, 6.45) is -7.67. The molecular weight excluding hydrogens is 203 g/mol. The second-order valence-electron chi connectivity index (χ2n) is 3.04. The number of aliphatic carboxylic acids is 1. The van der Waals surface area contributed by atoms with E-state index in [4.69, 9.17) is 5.11 Å². The number of halogens is 3. The second kappa shape index (κ2) is 4.14. The Kier molecular flexibility index (Phi) is 3.33. The minimum absolute atomic E-state index is 0.138. The summed E-state index contributed by atoms with van der Waals surface area (Å²) in [7, 11) is 0. The minimum atomic E-state index is -4.44. The van der Waals surface area contributed by atoms with Crippen molar-refractivity contribution in [1.82, 2.24) is 5.32 Å².